The third kappa shape index (κ3) is 29.1. The first-order chi connectivity index (χ1) is 28.9. The molecule has 0 radical (unpaired) electrons. The first-order valence-corrected chi connectivity index (χ1v) is 20.7. The monoisotopic (exact) mass is 851 g/mol. The largest absolute Gasteiger partial charge is 0.421 e. The van der Waals surface area contributed by atoms with E-state index in [-0.39, 0.29) is 39.2 Å². The van der Waals surface area contributed by atoms with Crippen molar-refractivity contribution in [2.75, 3.05) is 171 Å². The van der Waals surface area contributed by atoms with Crippen molar-refractivity contribution in [3.8, 4) is 0 Å². The molecule has 340 valence electrons. The lowest BCUT2D eigenvalue weighted by molar-refractivity contribution is -0.140. The average Bonchev–Trinajstić information content (AvgIpc) is 3.77. The number of allylic oxidation sites excluding steroid dienone is 4. The zero-order valence-electron chi connectivity index (χ0n) is 35.0. The summed E-state index contributed by atoms with van der Waals surface area (Å²) < 4.78 is 88.0. The lowest BCUT2D eigenvalue weighted by atomic mass is 10.3. The Kier molecular flexibility index (Phi) is 32.8. The molecule has 16 nitrogen and oxygen atoms in total. The Morgan fingerprint density at radius 2 is 1.14 bits per heavy atom. The van der Waals surface area contributed by atoms with E-state index in [0.29, 0.717) is 91.0 Å². The third-order valence-corrected chi connectivity index (χ3v) is 9.00. The van der Waals surface area contributed by atoms with Crippen LogP contribution in [0.5, 0.6) is 0 Å². The Hall–Kier alpha value is -2.82. The number of rotatable bonds is 38. The molecule has 0 atom stereocenters. The van der Waals surface area contributed by atoms with Crippen LogP contribution in [0.25, 0.3) is 0 Å². The van der Waals surface area contributed by atoms with Gasteiger partial charge in [-0.25, -0.2) is 18.7 Å². The van der Waals surface area contributed by atoms with E-state index in [1.807, 2.05) is 0 Å². The Labute approximate surface area is 348 Å². The lowest BCUT2D eigenvalue weighted by Gasteiger charge is -2.34. The van der Waals surface area contributed by atoms with Crippen LogP contribution in [0.15, 0.2) is 52.9 Å². The number of esters is 1. The summed E-state index contributed by atoms with van der Waals surface area (Å²) >= 11 is 0. The molecule has 0 aromatic rings. The maximum absolute atomic E-state index is 13.7. The highest BCUT2D eigenvalue weighted by atomic mass is 19.1. The van der Waals surface area contributed by atoms with Gasteiger partial charge in [0.15, 0.2) is 11.6 Å². The summed E-state index contributed by atoms with van der Waals surface area (Å²) in [5.74, 6) is -4.24. The number of ether oxygens (including phenoxy) is 9. The molecule has 0 unspecified atom stereocenters. The van der Waals surface area contributed by atoms with Gasteiger partial charge in [0.1, 0.15) is 17.9 Å². The van der Waals surface area contributed by atoms with Crippen molar-refractivity contribution < 1.29 is 60.6 Å². The van der Waals surface area contributed by atoms with Crippen LogP contribution in [-0.4, -0.2) is 192 Å². The van der Waals surface area contributed by atoms with E-state index in [1.54, 1.807) is 6.20 Å². The van der Waals surface area contributed by atoms with Crippen LogP contribution in [0, 0.1) is 5.53 Å². The quantitative estimate of drug-likeness (QED) is 0.0300. The molecule has 0 aromatic carbocycles. The van der Waals surface area contributed by atoms with E-state index < -0.39 is 23.4 Å². The Morgan fingerprint density at radius 3 is 1.66 bits per heavy atom. The molecule has 59 heavy (non-hydrogen) atoms. The zero-order valence-corrected chi connectivity index (χ0v) is 35.0. The Morgan fingerprint density at radius 1 is 0.661 bits per heavy atom. The minimum absolute atomic E-state index is 0.0520. The molecule has 2 saturated heterocycles. The SMILES string of the molecule is C\C=C(F)/C=C(F)\C(=C\F)OC(=O)CCOCCOCCOCCOCCN/C=C(/COCCOCCOCCOCCN1CCN(CCCN2CCCC2)CC1)N=N. The minimum Gasteiger partial charge on any atom is -0.421 e. The van der Waals surface area contributed by atoms with E-state index in [4.69, 9.17) is 43.4 Å². The first kappa shape index (κ1) is 52.3. The average molecular weight is 851 g/mol. The van der Waals surface area contributed by atoms with E-state index in [1.165, 1.54) is 52.4 Å². The molecule has 2 heterocycles. The second kappa shape index (κ2) is 37.0. The van der Waals surface area contributed by atoms with Gasteiger partial charge in [-0.3, -0.25) is 9.69 Å². The second-order valence-electron chi connectivity index (χ2n) is 13.5. The smallest absolute Gasteiger partial charge is 0.313 e. The van der Waals surface area contributed by atoms with Gasteiger partial charge in [0, 0.05) is 51.5 Å². The number of nitrogens with zero attached hydrogens (tertiary/aromatic N) is 4. The standard InChI is InChI=1S/C40H69F3N6O10/c1-2-36(42)32-38(43)39(33-41)59-40(50)6-17-51-20-23-54-26-27-55-24-21-52-18-7-45-34-37(46-44)35-58-31-30-57-29-28-56-25-22-53-19-16-49-14-12-48(13-15-49)11-5-10-47-8-3-4-9-47/h2,32-34,44-45H,3-31,35H2,1H3/b36-2+,37-34-,38-32+,39-33-,46-44?. The molecule has 19 heteroatoms. The van der Waals surface area contributed by atoms with Crippen molar-refractivity contribution in [3.63, 3.8) is 0 Å². The number of piperazine rings is 1. The molecule has 2 rings (SSSR count). The van der Waals surface area contributed by atoms with Crippen molar-refractivity contribution in [1.29, 1.82) is 5.53 Å². The summed E-state index contributed by atoms with van der Waals surface area (Å²) in [5.41, 5.74) is 7.77. The molecule has 0 aromatic heterocycles. The van der Waals surface area contributed by atoms with Crippen LogP contribution in [0.2, 0.25) is 0 Å². The maximum Gasteiger partial charge on any atom is 0.313 e. The molecule has 2 N–H and O–H groups in total. The van der Waals surface area contributed by atoms with E-state index in [0.717, 1.165) is 45.4 Å². The topological polar surface area (TPSA) is 158 Å². The maximum atomic E-state index is 13.7. The molecule has 2 aliphatic rings. The van der Waals surface area contributed by atoms with Gasteiger partial charge >= 0.3 is 5.97 Å². The molecule has 0 saturated carbocycles. The number of carbonyl (C=O) groups is 1. The number of halogens is 3. The number of likely N-dealkylation sites (tertiary alicyclic amines) is 1. The van der Waals surface area contributed by atoms with E-state index in [9.17, 15) is 18.0 Å². The van der Waals surface area contributed by atoms with Gasteiger partial charge in [0.25, 0.3) is 0 Å². The van der Waals surface area contributed by atoms with E-state index in [2.05, 4.69) is 29.9 Å². The van der Waals surface area contributed by atoms with Crippen LogP contribution in [0.4, 0.5) is 13.2 Å². The predicted octanol–water partition coefficient (Wildman–Crippen LogP) is 4.16. The predicted molar refractivity (Wildman–Crippen MR) is 215 cm³/mol. The van der Waals surface area contributed by atoms with Crippen molar-refractivity contribution in [2.24, 2.45) is 5.11 Å². The number of nitrogens with one attached hydrogen (secondary N) is 2. The van der Waals surface area contributed by atoms with Crippen molar-refractivity contribution in [1.82, 2.24) is 20.0 Å². The van der Waals surface area contributed by atoms with Gasteiger partial charge < -0.3 is 57.7 Å². The fraction of sp³-hybridized carbons (Fsp3) is 0.775. The Bertz CT molecular complexity index is 1210. The fourth-order valence-electron chi connectivity index (χ4n) is 5.71. The summed E-state index contributed by atoms with van der Waals surface area (Å²) in [7, 11) is 0. The fourth-order valence-corrected chi connectivity index (χ4v) is 5.71. The summed E-state index contributed by atoms with van der Waals surface area (Å²) in [4.78, 5) is 19.4. The lowest BCUT2D eigenvalue weighted by Crippen LogP contribution is -2.47. The zero-order chi connectivity index (χ0) is 42.4. The van der Waals surface area contributed by atoms with Gasteiger partial charge in [-0.1, -0.05) is 6.08 Å². The van der Waals surface area contributed by atoms with Crippen LogP contribution in [-0.2, 0) is 47.4 Å². The molecular weight excluding hydrogens is 781 g/mol. The minimum atomic E-state index is -1.35. The van der Waals surface area contributed by atoms with E-state index >= 15 is 0 Å². The normalized spacial score (nSPS) is 16.6. The molecule has 0 aliphatic carbocycles. The second-order valence-corrected chi connectivity index (χ2v) is 13.5. The number of carbonyl (C=O) groups excluding carboxylic acids is 1. The van der Waals surface area contributed by atoms with Crippen LogP contribution in [0.1, 0.15) is 32.6 Å². The highest BCUT2D eigenvalue weighted by molar-refractivity contribution is 5.71. The molecular formula is C40H69F3N6O10. The van der Waals surface area contributed by atoms with Crippen molar-refractivity contribution in [3.05, 3.63) is 47.8 Å². The molecule has 0 bridgehead atoms. The van der Waals surface area contributed by atoms with Crippen molar-refractivity contribution >= 4 is 5.97 Å². The molecule has 0 spiro atoms. The van der Waals surface area contributed by atoms with Gasteiger partial charge in [-0.05, 0) is 52.4 Å². The molecule has 2 fully saturated rings. The van der Waals surface area contributed by atoms with Gasteiger partial charge in [-0.15, -0.1) is 0 Å². The molecule has 2 aliphatic heterocycles. The third-order valence-electron chi connectivity index (χ3n) is 9.00. The van der Waals surface area contributed by atoms with Gasteiger partial charge in [0.05, 0.1) is 112 Å². The van der Waals surface area contributed by atoms with Crippen LogP contribution >= 0.6 is 0 Å². The van der Waals surface area contributed by atoms with Crippen LogP contribution < -0.4 is 5.32 Å². The van der Waals surface area contributed by atoms with Gasteiger partial charge in [0.2, 0.25) is 0 Å². The number of hydrogen-bond donors (Lipinski definition) is 2. The summed E-state index contributed by atoms with van der Waals surface area (Å²) in [6, 6.07) is 0. The highest BCUT2D eigenvalue weighted by Gasteiger charge is 2.17. The summed E-state index contributed by atoms with van der Waals surface area (Å²) in [6.45, 7) is 18.4. The number of hydrogen-bond acceptors (Lipinski definition) is 16. The summed E-state index contributed by atoms with van der Waals surface area (Å²) in [5, 5.41) is 6.51. The summed E-state index contributed by atoms with van der Waals surface area (Å²) in [6.07, 6.45) is 6.48. The first-order valence-electron chi connectivity index (χ1n) is 20.7. The van der Waals surface area contributed by atoms with Crippen molar-refractivity contribution in [2.45, 2.75) is 32.6 Å². The highest BCUT2D eigenvalue weighted by Crippen LogP contribution is 2.17. The Balaban J connectivity index is 1.27. The van der Waals surface area contributed by atoms with Crippen LogP contribution in [0.3, 0.4) is 0 Å². The van der Waals surface area contributed by atoms with Gasteiger partial charge in [-0.2, -0.15) is 5.11 Å². The molecule has 0 amide bonds.